The Kier molecular flexibility index (Phi) is 3.42. The van der Waals surface area contributed by atoms with Gasteiger partial charge in [0, 0.05) is 10.4 Å². The number of aryl methyl sites for hydroxylation is 1. The summed E-state index contributed by atoms with van der Waals surface area (Å²) in [4.78, 5) is 1.13. The average molecular weight is 300 g/mol. The Labute approximate surface area is 106 Å². The zero-order chi connectivity index (χ0) is 11.7. The first-order valence-corrected chi connectivity index (χ1v) is 6.52. The summed E-state index contributed by atoms with van der Waals surface area (Å²) < 4.78 is 14.3. The molecule has 2 rings (SSSR count). The fourth-order valence-electron chi connectivity index (χ4n) is 1.65. The van der Waals surface area contributed by atoms with Gasteiger partial charge in [-0.25, -0.2) is 4.39 Å². The van der Waals surface area contributed by atoms with E-state index in [2.05, 4.69) is 15.9 Å². The Hall–Kier alpha value is -0.710. The standard InChI is InChI=1S/C12H11BrFNS/c1-7-8(5-6-16-7)12(15)9-3-2-4-10(13)11(9)14/h2-6,12H,15H2,1H3. The first-order valence-electron chi connectivity index (χ1n) is 4.84. The number of benzene rings is 1. The minimum atomic E-state index is -0.399. The van der Waals surface area contributed by atoms with Crippen molar-refractivity contribution in [2.45, 2.75) is 13.0 Å². The van der Waals surface area contributed by atoms with Crippen LogP contribution in [0.25, 0.3) is 0 Å². The lowest BCUT2D eigenvalue weighted by Crippen LogP contribution is -2.13. The lowest BCUT2D eigenvalue weighted by molar-refractivity contribution is 0.593. The Balaban J connectivity index is 2.46. The molecule has 0 saturated heterocycles. The van der Waals surface area contributed by atoms with Gasteiger partial charge >= 0.3 is 0 Å². The Morgan fingerprint density at radius 1 is 1.31 bits per heavy atom. The summed E-state index contributed by atoms with van der Waals surface area (Å²) in [6.45, 7) is 2.00. The second-order valence-corrected chi connectivity index (χ2v) is 5.53. The van der Waals surface area contributed by atoms with Gasteiger partial charge in [0.25, 0.3) is 0 Å². The molecule has 1 unspecified atom stereocenters. The zero-order valence-corrected chi connectivity index (χ0v) is 11.1. The Morgan fingerprint density at radius 3 is 2.69 bits per heavy atom. The highest BCUT2D eigenvalue weighted by Crippen LogP contribution is 2.30. The maximum absolute atomic E-state index is 13.9. The summed E-state index contributed by atoms with van der Waals surface area (Å²) in [5, 5.41) is 1.97. The normalized spacial score (nSPS) is 12.8. The van der Waals surface area contributed by atoms with Gasteiger partial charge < -0.3 is 5.73 Å². The molecule has 2 N–H and O–H groups in total. The van der Waals surface area contributed by atoms with E-state index >= 15 is 0 Å². The maximum Gasteiger partial charge on any atom is 0.142 e. The van der Waals surface area contributed by atoms with Crippen molar-refractivity contribution in [1.82, 2.24) is 0 Å². The number of hydrogen-bond donors (Lipinski definition) is 1. The third kappa shape index (κ3) is 2.05. The zero-order valence-electron chi connectivity index (χ0n) is 8.71. The Bertz CT molecular complexity index is 509. The highest BCUT2D eigenvalue weighted by molar-refractivity contribution is 9.10. The van der Waals surface area contributed by atoms with Crippen molar-refractivity contribution >= 4 is 27.3 Å². The summed E-state index contributed by atoms with van der Waals surface area (Å²) in [6, 6.07) is 6.74. The Morgan fingerprint density at radius 2 is 2.06 bits per heavy atom. The van der Waals surface area contributed by atoms with Crippen LogP contribution in [0.15, 0.2) is 34.1 Å². The molecular weight excluding hydrogens is 289 g/mol. The van der Waals surface area contributed by atoms with Crippen molar-refractivity contribution in [2.24, 2.45) is 5.73 Å². The first kappa shape index (κ1) is 11.8. The van der Waals surface area contributed by atoms with E-state index in [0.717, 1.165) is 10.4 Å². The molecule has 1 heterocycles. The molecular formula is C12H11BrFNS. The van der Waals surface area contributed by atoms with Crippen molar-refractivity contribution in [3.63, 3.8) is 0 Å². The van der Waals surface area contributed by atoms with Crippen LogP contribution in [0.1, 0.15) is 22.0 Å². The second kappa shape index (κ2) is 4.65. The van der Waals surface area contributed by atoms with E-state index in [0.29, 0.717) is 10.0 Å². The third-order valence-corrected chi connectivity index (χ3v) is 4.02. The first-order chi connectivity index (χ1) is 7.61. The van der Waals surface area contributed by atoms with Gasteiger partial charge in [0.05, 0.1) is 10.5 Å². The van der Waals surface area contributed by atoms with E-state index < -0.39 is 6.04 Å². The molecule has 1 atom stereocenters. The number of hydrogen-bond acceptors (Lipinski definition) is 2. The molecule has 0 radical (unpaired) electrons. The van der Waals surface area contributed by atoms with Crippen LogP contribution < -0.4 is 5.73 Å². The quantitative estimate of drug-likeness (QED) is 0.891. The van der Waals surface area contributed by atoms with Crippen molar-refractivity contribution in [3.8, 4) is 0 Å². The molecule has 0 bridgehead atoms. The average Bonchev–Trinajstić information content (AvgIpc) is 2.68. The van der Waals surface area contributed by atoms with Crippen LogP contribution >= 0.6 is 27.3 Å². The fraction of sp³-hybridized carbons (Fsp3) is 0.167. The van der Waals surface area contributed by atoms with Gasteiger partial charge in [-0.05, 0) is 45.9 Å². The molecule has 0 aliphatic heterocycles. The molecule has 0 spiro atoms. The van der Waals surface area contributed by atoms with Crippen LogP contribution in [0.5, 0.6) is 0 Å². The molecule has 16 heavy (non-hydrogen) atoms. The predicted molar refractivity (Wildman–Crippen MR) is 69.2 cm³/mol. The largest absolute Gasteiger partial charge is 0.320 e. The second-order valence-electron chi connectivity index (χ2n) is 3.55. The molecule has 1 aromatic heterocycles. The topological polar surface area (TPSA) is 26.0 Å². The molecule has 4 heteroatoms. The van der Waals surface area contributed by atoms with Crippen LogP contribution in [0, 0.1) is 12.7 Å². The smallest absolute Gasteiger partial charge is 0.142 e. The predicted octanol–water partition coefficient (Wildman–Crippen LogP) is 4.01. The van der Waals surface area contributed by atoms with Gasteiger partial charge in [-0.15, -0.1) is 11.3 Å². The lowest BCUT2D eigenvalue weighted by atomic mass is 10.00. The molecule has 1 aromatic carbocycles. The van der Waals surface area contributed by atoms with Crippen LogP contribution in [-0.2, 0) is 0 Å². The molecule has 0 aliphatic carbocycles. The van der Waals surface area contributed by atoms with Gasteiger partial charge in [-0.1, -0.05) is 12.1 Å². The SMILES string of the molecule is Cc1sccc1C(N)c1cccc(Br)c1F. The monoisotopic (exact) mass is 299 g/mol. The van der Waals surface area contributed by atoms with Crippen molar-refractivity contribution in [1.29, 1.82) is 0 Å². The minimum Gasteiger partial charge on any atom is -0.320 e. The molecule has 0 amide bonds. The third-order valence-electron chi connectivity index (χ3n) is 2.55. The molecule has 0 aliphatic rings. The summed E-state index contributed by atoms with van der Waals surface area (Å²) in [7, 11) is 0. The number of thiophene rings is 1. The molecule has 84 valence electrons. The van der Waals surface area contributed by atoms with E-state index in [1.807, 2.05) is 18.4 Å². The summed E-state index contributed by atoms with van der Waals surface area (Å²) in [6.07, 6.45) is 0. The highest BCUT2D eigenvalue weighted by Gasteiger charge is 2.17. The van der Waals surface area contributed by atoms with Crippen molar-refractivity contribution in [3.05, 3.63) is 55.9 Å². The van der Waals surface area contributed by atoms with E-state index in [-0.39, 0.29) is 5.82 Å². The van der Waals surface area contributed by atoms with Gasteiger partial charge in [-0.3, -0.25) is 0 Å². The fourth-order valence-corrected chi connectivity index (χ4v) is 2.78. The minimum absolute atomic E-state index is 0.277. The molecule has 2 aromatic rings. The molecule has 0 fully saturated rings. The van der Waals surface area contributed by atoms with E-state index in [4.69, 9.17) is 5.73 Å². The van der Waals surface area contributed by atoms with E-state index in [1.54, 1.807) is 29.5 Å². The highest BCUT2D eigenvalue weighted by atomic mass is 79.9. The van der Waals surface area contributed by atoms with E-state index in [1.165, 1.54) is 0 Å². The van der Waals surface area contributed by atoms with Crippen LogP contribution in [0.3, 0.4) is 0 Å². The maximum atomic E-state index is 13.9. The van der Waals surface area contributed by atoms with Gasteiger partial charge in [0.15, 0.2) is 0 Å². The molecule has 1 nitrogen and oxygen atoms in total. The molecule has 0 saturated carbocycles. The number of nitrogens with two attached hydrogens (primary N) is 1. The van der Waals surface area contributed by atoms with Crippen LogP contribution in [0.2, 0.25) is 0 Å². The van der Waals surface area contributed by atoms with Gasteiger partial charge in [-0.2, -0.15) is 0 Å². The van der Waals surface area contributed by atoms with E-state index in [9.17, 15) is 4.39 Å². The van der Waals surface area contributed by atoms with Crippen molar-refractivity contribution in [2.75, 3.05) is 0 Å². The summed E-state index contributed by atoms with van der Waals surface area (Å²) >= 11 is 4.79. The van der Waals surface area contributed by atoms with Crippen molar-refractivity contribution < 1.29 is 4.39 Å². The van der Waals surface area contributed by atoms with Gasteiger partial charge in [0.1, 0.15) is 5.82 Å². The van der Waals surface area contributed by atoms with Gasteiger partial charge in [0.2, 0.25) is 0 Å². The summed E-state index contributed by atoms with van der Waals surface area (Å²) in [5.74, 6) is -0.277. The van der Waals surface area contributed by atoms with Crippen LogP contribution in [0.4, 0.5) is 4.39 Å². The van der Waals surface area contributed by atoms with Crippen LogP contribution in [-0.4, -0.2) is 0 Å². The lowest BCUT2D eigenvalue weighted by Gasteiger charge is -2.13. The number of rotatable bonds is 2. The number of halogens is 2. The summed E-state index contributed by atoms with van der Waals surface area (Å²) in [5.41, 5.74) is 7.59.